The van der Waals surface area contributed by atoms with Gasteiger partial charge in [0.05, 0.1) is 23.6 Å². The second kappa shape index (κ2) is 6.39. The minimum absolute atomic E-state index is 0.235. The van der Waals surface area contributed by atoms with E-state index >= 15 is 0 Å². The highest BCUT2D eigenvalue weighted by molar-refractivity contribution is 6.29. The zero-order valence-electron chi connectivity index (χ0n) is 11.3. The molecule has 2 aromatic rings. The Bertz CT molecular complexity index is 629. The Balaban J connectivity index is 2.24. The first-order chi connectivity index (χ1) is 9.61. The molecule has 1 aromatic heterocycles. The molecule has 0 saturated carbocycles. The molecule has 20 heavy (non-hydrogen) atoms. The van der Waals surface area contributed by atoms with Crippen molar-refractivity contribution in [2.75, 3.05) is 11.9 Å². The van der Waals surface area contributed by atoms with Gasteiger partial charge in [0.1, 0.15) is 10.9 Å². The third kappa shape index (κ3) is 3.27. The van der Waals surface area contributed by atoms with Crippen LogP contribution < -0.4 is 10.1 Å². The Hall–Kier alpha value is -2.07. The average Bonchev–Trinajstić information content (AvgIpc) is 2.43. The average molecular weight is 291 g/mol. The number of nitrogens with zero attached hydrogens (tertiary/aromatic N) is 1. The summed E-state index contributed by atoms with van der Waals surface area (Å²) in [4.78, 5) is 16.4. The van der Waals surface area contributed by atoms with Crippen LogP contribution in [0.4, 0.5) is 5.69 Å². The van der Waals surface area contributed by atoms with Crippen molar-refractivity contribution >= 4 is 23.2 Å². The molecule has 0 aliphatic carbocycles. The van der Waals surface area contributed by atoms with Crippen LogP contribution in [-0.4, -0.2) is 17.5 Å². The van der Waals surface area contributed by atoms with Crippen molar-refractivity contribution in [2.24, 2.45) is 0 Å². The number of benzene rings is 1. The summed E-state index contributed by atoms with van der Waals surface area (Å²) in [5, 5.41) is 3.21. The van der Waals surface area contributed by atoms with Crippen molar-refractivity contribution < 1.29 is 9.53 Å². The second-order valence-corrected chi connectivity index (χ2v) is 4.54. The first-order valence-corrected chi connectivity index (χ1v) is 6.66. The van der Waals surface area contributed by atoms with E-state index in [0.29, 0.717) is 34.5 Å². The van der Waals surface area contributed by atoms with Crippen LogP contribution in [-0.2, 0) is 0 Å². The minimum atomic E-state index is -0.235. The fourth-order valence-corrected chi connectivity index (χ4v) is 1.98. The van der Waals surface area contributed by atoms with E-state index in [1.165, 1.54) is 0 Å². The Morgan fingerprint density at radius 2 is 2.05 bits per heavy atom. The SMILES string of the molecule is CCOc1ccccc1C(=O)Nc1ccc(Cl)nc1C. The van der Waals surface area contributed by atoms with Crippen LogP contribution in [0.3, 0.4) is 0 Å². The Labute approximate surface area is 122 Å². The van der Waals surface area contributed by atoms with E-state index in [2.05, 4.69) is 10.3 Å². The van der Waals surface area contributed by atoms with Crippen molar-refractivity contribution in [3.8, 4) is 5.75 Å². The van der Waals surface area contributed by atoms with Crippen molar-refractivity contribution in [3.05, 3.63) is 52.8 Å². The van der Waals surface area contributed by atoms with Gasteiger partial charge in [-0.05, 0) is 38.1 Å². The molecule has 4 nitrogen and oxygen atoms in total. The Kier molecular flexibility index (Phi) is 4.58. The summed E-state index contributed by atoms with van der Waals surface area (Å²) in [6.07, 6.45) is 0. The molecular weight excluding hydrogens is 276 g/mol. The molecule has 0 bridgehead atoms. The van der Waals surface area contributed by atoms with Crippen molar-refractivity contribution in [1.82, 2.24) is 4.98 Å². The Morgan fingerprint density at radius 1 is 1.30 bits per heavy atom. The van der Waals surface area contributed by atoms with Gasteiger partial charge in [0, 0.05) is 0 Å². The minimum Gasteiger partial charge on any atom is -0.493 e. The van der Waals surface area contributed by atoms with E-state index in [1.54, 1.807) is 37.3 Å². The maximum Gasteiger partial charge on any atom is 0.259 e. The number of ether oxygens (including phenoxy) is 1. The number of amides is 1. The summed E-state index contributed by atoms with van der Waals surface area (Å²) < 4.78 is 5.45. The summed E-state index contributed by atoms with van der Waals surface area (Å²) in [5.41, 5.74) is 1.79. The lowest BCUT2D eigenvalue weighted by Crippen LogP contribution is -2.14. The number of anilines is 1. The number of halogens is 1. The van der Waals surface area contributed by atoms with Crippen LogP contribution in [0, 0.1) is 6.92 Å². The molecule has 0 spiro atoms. The largest absolute Gasteiger partial charge is 0.493 e. The van der Waals surface area contributed by atoms with E-state index < -0.39 is 0 Å². The normalized spacial score (nSPS) is 10.2. The Morgan fingerprint density at radius 3 is 2.75 bits per heavy atom. The number of pyridine rings is 1. The third-order valence-electron chi connectivity index (χ3n) is 2.73. The predicted octanol–water partition coefficient (Wildman–Crippen LogP) is 3.69. The maximum absolute atomic E-state index is 12.3. The highest BCUT2D eigenvalue weighted by Crippen LogP contribution is 2.21. The van der Waals surface area contributed by atoms with Crippen LogP contribution in [0.25, 0.3) is 0 Å². The van der Waals surface area contributed by atoms with E-state index in [1.807, 2.05) is 13.0 Å². The number of aromatic nitrogens is 1. The molecule has 0 fully saturated rings. The molecule has 1 amide bonds. The lowest BCUT2D eigenvalue weighted by molar-refractivity contribution is 0.102. The van der Waals surface area contributed by atoms with Gasteiger partial charge in [0.2, 0.25) is 0 Å². The van der Waals surface area contributed by atoms with Crippen LogP contribution >= 0.6 is 11.6 Å². The number of carbonyl (C=O) groups excluding carboxylic acids is 1. The second-order valence-electron chi connectivity index (χ2n) is 4.15. The predicted molar refractivity (Wildman–Crippen MR) is 79.5 cm³/mol. The molecule has 0 radical (unpaired) electrons. The van der Waals surface area contributed by atoms with E-state index in [-0.39, 0.29) is 5.91 Å². The standard InChI is InChI=1S/C15H15ClN2O2/c1-3-20-13-7-5-4-6-11(13)15(19)18-12-8-9-14(16)17-10(12)2/h4-9H,3H2,1-2H3,(H,18,19). The topological polar surface area (TPSA) is 51.2 Å². The fraction of sp³-hybridized carbons (Fsp3) is 0.200. The van der Waals surface area contributed by atoms with Crippen LogP contribution in [0.5, 0.6) is 5.75 Å². The molecule has 0 aliphatic rings. The first-order valence-electron chi connectivity index (χ1n) is 6.28. The number of hydrogen-bond acceptors (Lipinski definition) is 3. The maximum atomic E-state index is 12.3. The molecule has 5 heteroatoms. The number of hydrogen-bond donors (Lipinski definition) is 1. The lowest BCUT2D eigenvalue weighted by Gasteiger charge is -2.11. The van der Waals surface area contributed by atoms with Gasteiger partial charge in [0.25, 0.3) is 5.91 Å². The highest BCUT2D eigenvalue weighted by Gasteiger charge is 2.13. The van der Waals surface area contributed by atoms with Gasteiger partial charge < -0.3 is 10.1 Å². The molecule has 2 rings (SSSR count). The third-order valence-corrected chi connectivity index (χ3v) is 2.94. The van der Waals surface area contributed by atoms with Gasteiger partial charge >= 0.3 is 0 Å². The molecule has 1 N–H and O–H groups in total. The first kappa shape index (κ1) is 14.3. The molecule has 104 valence electrons. The molecule has 0 atom stereocenters. The van der Waals surface area contributed by atoms with E-state index in [4.69, 9.17) is 16.3 Å². The van der Waals surface area contributed by atoms with Gasteiger partial charge in [-0.1, -0.05) is 23.7 Å². The monoisotopic (exact) mass is 290 g/mol. The fourth-order valence-electron chi connectivity index (χ4n) is 1.79. The molecule has 0 unspecified atom stereocenters. The van der Waals surface area contributed by atoms with E-state index in [9.17, 15) is 4.79 Å². The zero-order chi connectivity index (χ0) is 14.5. The quantitative estimate of drug-likeness (QED) is 0.874. The smallest absolute Gasteiger partial charge is 0.259 e. The van der Waals surface area contributed by atoms with Crippen molar-refractivity contribution in [1.29, 1.82) is 0 Å². The van der Waals surface area contributed by atoms with Gasteiger partial charge in [-0.2, -0.15) is 0 Å². The van der Waals surface area contributed by atoms with Crippen molar-refractivity contribution in [2.45, 2.75) is 13.8 Å². The summed E-state index contributed by atoms with van der Waals surface area (Å²) in [5.74, 6) is 0.327. The lowest BCUT2D eigenvalue weighted by atomic mass is 10.2. The van der Waals surface area contributed by atoms with Crippen LogP contribution in [0.1, 0.15) is 23.0 Å². The van der Waals surface area contributed by atoms with E-state index in [0.717, 1.165) is 0 Å². The molecule has 0 aliphatic heterocycles. The van der Waals surface area contributed by atoms with Gasteiger partial charge in [-0.3, -0.25) is 4.79 Å². The van der Waals surface area contributed by atoms with Crippen LogP contribution in [0.2, 0.25) is 5.15 Å². The summed E-state index contributed by atoms with van der Waals surface area (Å²) in [6.45, 7) is 4.17. The number of rotatable bonds is 4. The number of nitrogens with one attached hydrogen (secondary N) is 1. The van der Waals surface area contributed by atoms with Crippen molar-refractivity contribution in [3.63, 3.8) is 0 Å². The number of aryl methyl sites for hydroxylation is 1. The molecular formula is C15H15ClN2O2. The molecule has 1 heterocycles. The van der Waals surface area contributed by atoms with Gasteiger partial charge in [0.15, 0.2) is 0 Å². The van der Waals surface area contributed by atoms with Crippen LogP contribution in [0.15, 0.2) is 36.4 Å². The number of carbonyl (C=O) groups is 1. The molecule has 0 saturated heterocycles. The summed E-state index contributed by atoms with van der Waals surface area (Å²) >= 11 is 5.79. The highest BCUT2D eigenvalue weighted by atomic mass is 35.5. The summed E-state index contributed by atoms with van der Waals surface area (Å²) in [7, 11) is 0. The van der Waals surface area contributed by atoms with Gasteiger partial charge in [-0.15, -0.1) is 0 Å². The molecule has 1 aromatic carbocycles. The number of para-hydroxylation sites is 1. The summed E-state index contributed by atoms with van der Waals surface area (Å²) in [6, 6.07) is 10.5. The zero-order valence-corrected chi connectivity index (χ0v) is 12.1. The van der Waals surface area contributed by atoms with Gasteiger partial charge in [-0.25, -0.2) is 4.98 Å².